The van der Waals surface area contributed by atoms with E-state index >= 15 is 0 Å². The summed E-state index contributed by atoms with van der Waals surface area (Å²) < 4.78 is 29.8. The van der Waals surface area contributed by atoms with Crippen molar-refractivity contribution in [1.29, 1.82) is 5.26 Å². The summed E-state index contributed by atoms with van der Waals surface area (Å²) in [6.07, 6.45) is 0. The highest BCUT2D eigenvalue weighted by molar-refractivity contribution is 7.87. The molecule has 0 aromatic heterocycles. The van der Waals surface area contributed by atoms with Crippen LogP contribution in [-0.2, 0) is 15.5 Å². The minimum atomic E-state index is -3.96. The van der Waals surface area contributed by atoms with Gasteiger partial charge in [0.15, 0.2) is 0 Å². The van der Waals surface area contributed by atoms with Crippen molar-refractivity contribution in [3.05, 3.63) is 59.7 Å². The maximum atomic E-state index is 12.3. The van der Waals surface area contributed by atoms with E-state index in [1.165, 1.54) is 18.2 Å². The van der Waals surface area contributed by atoms with Crippen LogP contribution in [-0.4, -0.2) is 8.42 Å². The van der Waals surface area contributed by atoms with Crippen molar-refractivity contribution in [3.63, 3.8) is 0 Å². The van der Waals surface area contributed by atoms with Gasteiger partial charge in [0.2, 0.25) is 0 Å². The Morgan fingerprint density at radius 2 is 1.73 bits per heavy atom. The molecule has 0 heterocycles. The summed E-state index contributed by atoms with van der Waals surface area (Å²) in [5.74, 6) is 0.259. The summed E-state index contributed by atoms with van der Waals surface area (Å²) in [6, 6.07) is 14.7. The highest BCUT2D eigenvalue weighted by Gasteiger charge is 2.19. The quantitative estimate of drug-likeness (QED) is 0.811. The number of benzene rings is 2. The fourth-order valence-electron chi connectivity index (χ4n) is 1.91. The van der Waals surface area contributed by atoms with E-state index in [-0.39, 0.29) is 21.6 Å². The Bertz CT molecular complexity index is 827. The van der Waals surface area contributed by atoms with Crippen molar-refractivity contribution in [1.82, 2.24) is 0 Å². The fraction of sp³-hybridized carbons (Fsp3) is 0.235. The van der Waals surface area contributed by atoms with Gasteiger partial charge in [0.05, 0.1) is 11.6 Å². The summed E-state index contributed by atoms with van der Waals surface area (Å²) in [5, 5.41) is 8.86. The van der Waals surface area contributed by atoms with Crippen LogP contribution in [0.1, 0.15) is 31.9 Å². The zero-order valence-electron chi connectivity index (χ0n) is 12.7. The zero-order valence-corrected chi connectivity index (χ0v) is 13.5. The molecular weight excluding hydrogens is 298 g/mol. The van der Waals surface area contributed by atoms with E-state index in [4.69, 9.17) is 9.44 Å². The van der Waals surface area contributed by atoms with Gasteiger partial charge in [-0.15, -0.1) is 0 Å². The third-order valence-corrected chi connectivity index (χ3v) is 4.40. The smallest absolute Gasteiger partial charge is 0.339 e. The van der Waals surface area contributed by atoms with Gasteiger partial charge in [-0.25, -0.2) is 0 Å². The highest BCUT2D eigenvalue weighted by atomic mass is 32.2. The van der Waals surface area contributed by atoms with E-state index in [0.717, 1.165) is 5.56 Å². The average Bonchev–Trinajstić information content (AvgIpc) is 2.46. The monoisotopic (exact) mass is 315 g/mol. The predicted octanol–water partition coefficient (Wildman–Crippen LogP) is 3.62. The van der Waals surface area contributed by atoms with E-state index in [2.05, 4.69) is 0 Å². The molecule has 2 aromatic rings. The Morgan fingerprint density at radius 1 is 1.05 bits per heavy atom. The Kier molecular flexibility index (Phi) is 4.25. The molecule has 2 aromatic carbocycles. The topological polar surface area (TPSA) is 67.2 Å². The second-order valence-corrected chi connectivity index (χ2v) is 7.50. The molecule has 22 heavy (non-hydrogen) atoms. The normalized spacial score (nSPS) is 11.7. The van der Waals surface area contributed by atoms with Crippen LogP contribution in [0.2, 0.25) is 0 Å². The molecule has 114 valence electrons. The van der Waals surface area contributed by atoms with Crippen LogP contribution >= 0.6 is 0 Å². The summed E-state index contributed by atoms with van der Waals surface area (Å²) >= 11 is 0. The molecule has 0 amide bonds. The fourth-order valence-corrected chi connectivity index (χ4v) is 2.88. The Morgan fingerprint density at radius 3 is 2.36 bits per heavy atom. The van der Waals surface area contributed by atoms with E-state index < -0.39 is 10.1 Å². The first-order valence-corrected chi connectivity index (χ1v) is 8.18. The Balaban J connectivity index is 2.35. The zero-order chi connectivity index (χ0) is 16.4. The second kappa shape index (κ2) is 5.82. The van der Waals surface area contributed by atoms with Gasteiger partial charge in [-0.3, -0.25) is 0 Å². The SMILES string of the molecule is CC(C)(C)c1cccc(OS(=O)(=O)c2cccc(C#N)c2)c1. The second-order valence-electron chi connectivity index (χ2n) is 5.95. The Labute approximate surface area is 131 Å². The Hall–Kier alpha value is -2.32. The van der Waals surface area contributed by atoms with Crippen molar-refractivity contribution in [2.45, 2.75) is 31.1 Å². The van der Waals surface area contributed by atoms with Crippen LogP contribution in [0, 0.1) is 11.3 Å². The molecular formula is C17H17NO3S. The highest BCUT2D eigenvalue weighted by Crippen LogP contribution is 2.27. The van der Waals surface area contributed by atoms with E-state index in [9.17, 15) is 8.42 Å². The predicted molar refractivity (Wildman–Crippen MR) is 84.1 cm³/mol. The summed E-state index contributed by atoms with van der Waals surface area (Å²) in [5.41, 5.74) is 1.14. The third kappa shape index (κ3) is 3.66. The third-order valence-electron chi connectivity index (χ3n) is 3.16. The van der Waals surface area contributed by atoms with Gasteiger partial charge in [-0.2, -0.15) is 13.7 Å². The lowest BCUT2D eigenvalue weighted by molar-refractivity contribution is 0.484. The van der Waals surface area contributed by atoms with Gasteiger partial charge in [0, 0.05) is 0 Å². The largest absolute Gasteiger partial charge is 0.379 e. The molecule has 0 saturated carbocycles. The molecule has 0 bridgehead atoms. The van der Waals surface area contributed by atoms with Crippen LogP contribution in [0.5, 0.6) is 5.75 Å². The van der Waals surface area contributed by atoms with Gasteiger partial charge < -0.3 is 4.18 Å². The molecule has 0 aliphatic rings. The van der Waals surface area contributed by atoms with E-state index in [1.807, 2.05) is 32.9 Å². The van der Waals surface area contributed by atoms with Gasteiger partial charge in [0.1, 0.15) is 10.6 Å². The van der Waals surface area contributed by atoms with Crippen LogP contribution in [0.25, 0.3) is 0 Å². The molecule has 4 nitrogen and oxygen atoms in total. The van der Waals surface area contributed by atoms with Crippen molar-refractivity contribution in [2.75, 3.05) is 0 Å². The first-order chi connectivity index (χ1) is 10.2. The van der Waals surface area contributed by atoms with Crippen molar-refractivity contribution in [2.24, 2.45) is 0 Å². The molecule has 0 aliphatic heterocycles. The standard InChI is InChI=1S/C17H17NO3S/c1-17(2,3)14-7-5-8-15(11-14)21-22(19,20)16-9-4-6-13(10-16)12-18/h4-11H,1-3H3. The van der Waals surface area contributed by atoms with Crippen molar-refractivity contribution < 1.29 is 12.6 Å². The van der Waals surface area contributed by atoms with Gasteiger partial charge in [0.25, 0.3) is 0 Å². The van der Waals surface area contributed by atoms with Crippen LogP contribution in [0.4, 0.5) is 0 Å². The molecule has 2 rings (SSSR count). The molecule has 0 radical (unpaired) electrons. The average molecular weight is 315 g/mol. The van der Waals surface area contributed by atoms with Gasteiger partial charge in [-0.1, -0.05) is 39.0 Å². The van der Waals surface area contributed by atoms with Crippen molar-refractivity contribution in [3.8, 4) is 11.8 Å². The minimum Gasteiger partial charge on any atom is -0.379 e. The molecule has 0 N–H and O–H groups in total. The molecule has 5 heteroatoms. The molecule has 0 spiro atoms. The van der Waals surface area contributed by atoms with Crippen LogP contribution in [0.3, 0.4) is 0 Å². The summed E-state index contributed by atoms with van der Waals surface area (Å²) in [7, 11) is -3.96. The first kappa shape index (κ1) is 16.1. The molecule has 0 atom stereocenters. The molecule has 0 unspecified atom stereocenters. The molecule has 0 fully saturated rings. The van der Waals surface area contributed by atoms with E-state index in [1.54, 1.807) is 24.3 Å². The summed E-state index contributed by atoms with van der Waals surface area (Å²) in [4.78, 5) is -0.0345. The van der Waals surface area contributed by atoms with Gasteiger partial charge in [-0.05, 0) is 41.3 Å². The number of nitriles is 1. The maximum absolute atomic E-state index is 12.3. The van der Waals surface area contributed by atoms with Crippen LogP contribution < -0.4 is 4.18 Å². The number of hydrogen-bond donors (Lipinski definition) is 0. The number of nitrogens with zero attached hydrogens (tertiary/aromatic N) is 1. The van der Waals surface area contributed by atoms with Crippen LogP contribution in [0.15, 0.2) is 53.4 Å². The van der Waals surface area contributed by atoms with E-state index in [0.29, 0.717) is 0 Å². The molecule has 0 aliphatic carbocycles. The lowest BCUT2D eigenvalue weighted by atomic mass is 9.87. The maximum Gasteiger partial charge on any atom is 0.339 e. The minimum absolute atomic E-state index is 0.0345. The summed E-state index contributed by atoms with van der Waals surface area (Å²) in [6.45, 7) is 6.12. The lowest BCUT2D eigenvalue weighted by Gasteiger charge is -2.19. The van der Waals surface area contributed by atoms with Crippen molar-refractivity contribution >= 4 is 10.1 Å². The molecule has 0 saturated heterocycles. The number of rotatable bonds is 3. The van der Waals surface area contributed by atoms with Gasteiger partial charge >= 0.3 is 10.1 Å². The lowest BCUT2D eigenvalue weighted by Crippen LogP contribution is -2.13. The first-order valence-electron chi connectivity index (χ1n) is 6.77. The number of hydrogen-bond acceptors (Lipinski definition) is 4.